The number of ether oxygens (including phenoxy) is 1. The lowest BCUT2D eigenvalue weighted by molar-refractivity contribution is -0.252. The minimum absolute atomic E-state index is 0.126. The van der Waals surface area contributed by atoms with Gasteiger partial charge < -0.3 is 20.3 Å². The quantitative estimate of drug-likeness (QED) is 0.423. The minimum atomic E-state index is -0.985. The van der Waals surface area contributed by atoms with Crippen LogP contribution in [0.2, 0.25) is 0 Å². The molecule has 4 fully saturated rings. The van der Waals surface area contributed by atoms with Crippen molar-refractivity contribution in [3.8, 4) is 0 Å². The van der Waals surface area contributed by atoms with Gasteiger partial charge in [-0.1, -0.05) is 26.8 Å². The Morgan fingerprint density at radius 2 is 1.94 bits per heavy atom. The number of hydrogen-bond acceptors (Lipinski definition) is 7. The Hall–Kier alpha value is -1.28. The topological polar surface area (TPSA) is 99.1 Å². The third-order valence-electron chi connectivity index (χ3n) is 10.5. The molecule has 3 aliphatic carbocycles. The van der Waals surface area contributed by atoms with Gasteiger partial charge in [0.2, 0.25) is 0 Å². The van der Waals surface area contributed by atoms with Gasteiger partial charge in [-0.15, -0.1) is 6.58 Å². The summed E-state index contributed by atoms with van der Waals surface area (Å²) >= 11 is 0. The summed E-state index contributed by atoms with van der Waals surface area (Å²) in [5.41, 5.74) is -3.06. The number of carbonyl (C=O) groups is 2. The Labute approximate surface area is 204 Å². The van der Waals surface area contributed by atoms with E-state index in [1.807, 2.05) is 20.8 Å². The zero-order chi connectivity index (χ0) is 25.1. The molecule has 0 radical (unpaired) electrons. The fraction of sp³-hybridized carbons (Fsp3) is 0.852. The first-order chi connectivity index (χ1) is 15.8. The van der Waals surface area contributed by atoms with Crippen LogP contribution in [-0.2, 0) is 14.3 Å². The zero-order valence-electron chi connectivity index (χ0n) is 21.6. The minimum Gasteiger partial charge on any atom is -0.458 e. The van der Waals surface area contributed by atoms with Crippen molar-refractivity contribution in [2.45, 2.75) is 90.6 Å². The molecule has 0 aromatic heterocycles. The number of rotatable bonds is 4. The first kappa shape index (κ1) is 25.8. The van der Waals surface area contributed by atoms with Crippen LogP contribution in [0.15, 0.2) is 12.7 Å². The number of esters is 1. The number of aliphatic hydroxyl groups is 2. The third kappa shape index (κ3) is 3.69. The second kappa shape index (κ2) is 8.68. The van der Waals surface area contributed by atoms with Crippen LogP contribution in [0.25, 0.3) is 0 Å². The van der Waals surface area contributed by atoms with Crippen LogP contribution < -0.4 is 5.32 Å². The fourth-order valence-corrected chi connectivity index (χ4v) is 8.10. The first-order valence-corrected chi connectivity index (χ1v) is 13.0. The van der Waals surface area contributed by atoms with Gasteiger partial charge in [0, 0.05) is 48.8 Å². The van der Waals surface area contributed by atoms with Crippen molar-refractivity contribution in [2.75, 3.05) is 26.2 Å². The van der Waals surface area contributed by atoms with Crippen LogP contribution in [0.4, 0.5) is 0 Å². The molecule has 0 spiro atoms. The summed E-state index contributed by atoms with van der Waals surface area (Å²) in [5, 5.41) is 26.6. The van der Waals surface area contributed by atoms with E-state index in [0.29, 0.717) is 31.7 Å². The highest BCUT2D eigenvalue weighted by atomic mass is 16.6. The van der Waals surface area contributed by atoms with Crippen LogP contribution in [-0.4, -0.2) is 76.9 Å². The molecule has 7 heteroatoms. The summed E-state index contributed by atoms with van der Waals surface area (Å²) in [7, 11) is 0. The number of Topliss-reactive ketones (excluding diaryl/α,β-unsaturated/α-hetero) is 1. The Bertz CT molecular complexity index is 849. The molecular formula is C27H44N2O5. The van der Waals surface area contributed by atoms with Crippen molar-refractivity contribution in [1.82, 2.24) is 10.2 Å². The number of carbonyl (C=O) groups excluding carboxylic acids is 2. The van der Waals surface area contributed by atoms with E-state index in [-0.39, 0.29) is 30.6 Å². The summed E-state index contributed by atoms with van der Waals surface area (Å²) in [6, 6.07) is 0.318. The lowest BCUT2D eigenvalue weighted by Gasteiger charge is -2.64. The summed E-state index contributed by atoms with van der Waals surface area (Å²) in [6.45, 7) is 16.5. The SMILES string of the molecule is C=CC1(C)CC(O)C2(C)C3C(=O)CCC3(CCC2(C)OC(=O)CN2CCN[C@@H](C)C2)C(C)C1O. The molecule has 0 amide bonds. The van der Waals surface area contributed by atoms with E-state index in [4.69, 9.17) is 4.74 Å². The molecule has 1 saturated heterocycles. The molecule has 8 unspecified atom stereocenters. The van der Waals surface area contributed by atoms with Gasteiger partial charge >= 0.3 is 5.97 Å². The average Bonchev–Trinajstić information content (AvgIpc) is 3.12. The number of hydrogen-bond donors (Lipinski definition) is 3. The molecule has 1 heterocycles. The van der Waals surface area contributed by atoms with E-state index in [1.165, 1.54) is 0 Å². The highest BCUT2D eigenvalue weighted by Gasteiger charge is 2.72. The van der Waals surface area contributed by atoms with Crippen LogP contribution in [0, 0.1) is 28.1 Å². The van der Waals surface area contributed by atoms with Crippen molar-refractivity contribution < 1.29 is 24.5 Å². The zero-order valence-corrected chi connectivity index (χ0v) is 21.6. The van der Waals surface area contributed by atoms with Crippen LogP contribution >= 0.6 is 0 Å². The van der Waals surface area contributed by atoms with Gasteiger partial charge in [-0.3, -0.25) is 14.5 Å². The molecule has 1 aliphatic heterocycles. The van der Waals surface area contributed by atoms with E-state index >= 15 is 0 Å². The van der Waals surface area contributed by atoms with Gasteiger partial charge in [-0.25, -0.2) is 0 Å². The summed E-state index contributed by atoms with van der Waals surface area (Å²) in [4.78, 5) is 28.8. The van der Waals surface area contributed by atoms with E-state index in [1.54, 1.807) is 6.08 Å². The predicted molar refractivity (Wildman–Crippen MR) is 130 cm³/mol. The number of aliphatic hydroxyl groups excluding tert-OH is 2. The van der Waals surface area contributed by atoms with Gasteiger partial charge in [0.25, 0.3) is 0 Å². The summed E-state index contributed by atoms with van der Waals surface area (Å²) in [5.74, 6) is -0.772. The van der Waals surface area contributed by atoms with Crippen molar-refractivity contribution in [2.24, 2.45) is 28.1 Å². The molecule has 192 valence electrons. The van der Waals surface area contributed by atoms with Gasteiger partial charge in [0.15, 0.2) is 0 Å². The van der Waals surface area contributed by atoms with E-state index in [9.17, 15) is 19.8 Å². The lowest BCUT2D eigenvalue weighted by atomic mass is 9.42. The molecule has 34 heavy (non-hydrogen) atoms. The molecule has 2 bridgehead atoms. The molecule has 4 rings (SSSR count). The molecule has 9 atom stereocenters. The Kier molecular flexibility index (Phi) is 6.59. The molecular weight excluding hydrogens is 432 g/mol. The standard InChI is InChI=1S/C27H44N2O5/c1-7-24(4)14-20(31)26(6)22-19(30)8-9-27(22,18(3)23(24)33)11-10-25(26,5)34-21(32)16-29-13-12-28-17(2)15-29/h7,17-18,20,22-23,28,31,33H,1,8-16H2,2-6H3/t17-,18?,20?,22?,23?,24?,25?,26?,27?/m0/s1. The van der Waals surface area contributed by atoms with Crippen molar-refractivity contribution in [3.05, 3.63) is 12.7 Å². The molecule has 4 aliphatic rings. The number of ketones is 1. The Morgan fingerprint density at radius 3 is 2.59 bits per heavy atom. The summed E-state index contributed by atoms with van der Waals surface area (Å²) < 4.78 is 6.29. The largest absolute Gasteiger partial charge is 0.458 e. The van der Waals surface area contributed by atoms with Gasteiger partial charge in [0.1, 0.15) is 11.4 Å². The molecule has 7 nitrogen and oxygen atoms in total. The Balaban J connectivity index is 1.70. The highest BCUT2D eigenvalue weighted by Crippen LogP contribution is 2.69. The van der Waals surface area contributed by atoms with Gasteiger partial charge in [-0.05, 0) is 50.9 Å². The molecule has 0 aromatic rings. The number of piperazine rings is 1. The highest BCUT2D eigenvalue weighted by molar-refractivity contribution is 5.86. The maximum absolute atomic E-state index is 13.5. The lowest BCUT2D eigenvalue weighted by Crippen LogP contribution is -2.69. The maximum atomic E-state index is 13.5. The van der Waals surface area contributed by atoms with Crippen molar-refractivity contribution in [3.63, 3.8) is 0 Å². The molecule has 3 saturated carbocycles. The average molecular weight is 477 g/mol. The van der Waals surface area contributed by atoms with Crippen molar-refractivity contribution >= 4 is 11.8 Å². The van der Waals surface area contributed by atoms with Gasteiger partial charge in [0.05, 0.1) is 18.8 Å². The van der Waals surface area contributed by atoms with E-state index < -0.39 is 40.0 Å². The second-order valence-corrected chi connectivity index (χ2v) is 12.4. The summed E-state index contributed by atoms with van der Waals surface area (Å²) in [6.07, 6.45) is 2.77. The normalized spacial score (nSPS) is 49.6. The van der Waals surface area contributed by atoms with Crippen LogP contribution in [0.5, 0.6) is 0 Å². The maximum Gasteiger partial charge on any atom is 0.320 e. The second-order valence-electron chi connectivity index (χ2n) is 12.4. The van der Waals surface area contributed by atoms with Crippen molar-refractivity contribution in [1.29, 1.82) is 0 Å². The number of nitrogens with zero attached hydrogens (tertiary/aromatic N) is 1. The van der Waals surface area contributed by atoms with E-state index in [0.717, 1.165) is 19.6 Å². The van der Waals surface area contributed by atoms with E-state index in [2.05, 4.69) is 30.6 Å². The fourth-order valence-electron chi connectivity index (χ4n) is 8.10. The smallest absolute Gasteiger partial charge is 0.320 e. The molecule has 3 N–H and O–H groups in total. The first-order valence-electron chi connectivity index (χ1n) is 13.0. The number of nitrogens with one attached hydrogen (secondary N) is 1. The third-order valence-corrected chi connectivity index (χ3v) is 10.5. The molecule has 0 aromatic carbocycles. The Morgan fingerprint density at radius 1 is 1.24 bits per heavy atom. The van der Waals surface area contributed by atoms with Crippen LogP contribution in [0.3, 0.4) is 0 Å². The predicted octanol–water partition coefficient (Wildman–Crippen LogP) is 2.30. The van der Waals surface area contributed by atoms with Gasteiger partial charge in [-0.2, -0.15) is 0 Å². The van der Waals surface area contributed by atoms with Crippen LogP contribution in [0.1, 0.15) is 66.7 Å². The monoisotopic (exact) mass is 476 g/mol.